The number of piperazine rings is 1. The normalized spacial score (nSPS) is 17.1. The standard InChI is InChI=1S/C14H20N2O3S/c1-2-19-14(18)11-16-7-5-15(6-8-16)10-12(17)13-4-3-9-20-13/h3-4,9H,2,5-8,10-11H2,1H3. The first-order chi connectivity index (χ1) is 9.69. The monoisotopic (exact) mass is 296 g/mol. The fourth-order valence-corrected chi connectivity index (χ4v) is 2.87. The average molecular weight is 296 g/mol. The van der Waals surface area contributed by atoms with E-state index in [1.54, 1.807) is 0 Å². The Hall–Kier alpha value is -1.24. The lowest BCUT2D eigenvalue weighted by Crippen LogP contribution is -2.49. The lowest BCUT2D eigenvalue weighted by molar-refractivity contribution is -0.144. The summed E-state index contributed by atoms with van der Waals surface area (Å²) in [5.74, 6) is 0.00875. The second kappa shape index (κ2) is 7.52. The van der Waals surface area contributed by atoms with E-state index >= 15 is 0 Å². The number of esters is 1. The first-order valence-electron chi connectivity index (χ1n) is 6.86. The number of thiophene rings is 1. The van der Waals surface area contributed by atoms with Gasteiger partial charge in [0, 0.05) is 26.2 Å². The summed E-state index contributed by atoms with van der Waals surface area (Å²) < 4.78 is 4.94. The van der Waals surface area contributed by atoms with Crippen molar-refractivity contribution >= 4 is 23.1 Å². The molecule has 0 unspecified atom stereocenters. The number of Topliss-reactive ketones (excluding diaryl/α,β-unsaturated/α-hetero) is 1. The van der Waals surface area contributed by atoms with Crippen molar-refractivity contribution in [3.63, 3.8) is 0 Å². The molecule has 20 heavy (non-hydrogen) atoms. The molecule has 0 radical (unpaired) electrons. The van der Waals surface area contributed by atoms with Crippen LogP contribution in [0.4, 0.5) is 0 Å². The van der Waals surface area contributed by atoms with Crippen molar-refractivity contribution in [3.8, 4) is 0 Å². The van der Waals surface area contributed by atoms with Crippen LogP contribution in [-0.4, -0.2) is 67.4 Å². The summed E-state index contributed by atoms with van der Waals surface area (Å²) in [5.41, 5.74) is 0. The Morgan fingerprint density at radius 3 is 2.40 bits per heavy atom. The molecule has 0 N–H and O–H groups in total. The van der Waals surface area contributed by atoms with Crippen LogP contribution in [0.5, 0.6) is 0 Å². The third-order valence-electron chi connectivity index (χ3n) is 3.29. The van der Waals surface area contributed by atoms with Gasteiger partial charge in [0.1, 0.15) is 0 Å². The predicted molar refractivity (Wildman–Crippen MR) is 78.2 cm³/mol. The lowest BCUT2D eigenvalue weighted by Gasteiger charge is -2.33. The molecule has 1 aromatic rings. The van der Waals surface area contributed by atoms with Gasteiger partial charge in [0.2, 0.25) is 0 Å². The Labute approximate surface area is 123 Å². The van der Waals surface area contributed by atoms with Crippen LogP contribution in [0.15, 0.2) is 17.5 Å². The zero-order chi connectivity index (χ0) is 14.4. The molecule has 1 aromatic heterocycles. The van der Waals surface area contributed by atoms with E-state index in [1.165, 1.54) is 11.3 Å². The minimum absolute atomic E-state index is 0.171. The maximum absolute atomic E-state index is 12.0. The summed E-state index contributed by atoms with van der Waals surface area (Å²) in [6.45, 7) is 6.29. The predicted octanol–water partition coefficient (Wildman–Crippen LogP) is 1.11. The number of nitrogens with zero attached hydrogens (tertiary/aromatic N) is 2. The van der Waals surface area contributed by atoms with Gasteiger partial charge in [0.15, 0.2) is 5.78 Å². The number of hydrogen-bond donors (Lipinski definition) is 0. The molecule has 6 heteroatoms. The number of carbonyl (C=O) groups is 2. The maximum atomic E-state index is 12.0. The molecular formula is C14H20N2O3S. The minimum Gasteiger partial charge on any atom is -0.465 e. The highest BCUT2D eigenvalue weighted by Crippen LogP contribution is 2.11. The summed E-state index contributed by atoms with van der Waals surface area (Å²) in [6, 6.07) is 3.76. The third-order valence-corrected chi connectivity index (χ3v) is 4.20. The van der Waals surface area contributed by atoms with Crippen LogP contribution in [-0.2, 0) is 9.53 Å². The fraction of sp³-hybridized carbons (Fsp3) is 0.571. The van der Waals surface area contributed by atoms with Crippen LogP contribution in [0.3, 0.4) is 0 Å². The molecule has 5 nitrogen and oxygen atoms in total. The van der Waals surface area contributed by atoms with Crippen LogP contribution in [0.25, 0.3) is 0 Å². The van der Waals surface area contributed by atoms with Gasteiger partial charge in [-0.15, -0.1) is 11.3 Å². The van der Waals surface area contributed by atoms with Crippen LogP contribution in [0, 0.1) is 0 Å². The van der Waals surface area contributed by atoms with Crippen molar-refractivity contribution in [3.05, 3.63) is 22.4 Å². The van der Waals surface area contributed by atoms with Gasteiger partial charge in [0.05, 0.1) is 24.6 Å². The minimum atomic E-state index is -0.171. The molecule has 0 amide bonds. The van der Waals surface area contributed by atoms with Crippen molar-refractivity contribution in [1.82, 2.24) is 9.80 Å². The number of carbonyl (C=O) groups excluding carboxylic acids is 2. The number of hydrogen-bond acceptors (Lipinski definition) is 6. The molecule has 110 valence electrons. The van der Waals surface area contributed by atoms with Gasteiger partial charge in [0.25, 0.3) is 0 Å². The van der Waals surface area contributed by atoms with Crippen molar-refractivity contribution in [1.29, 1.82) is 0 Å². The molecule has 0 saturated carbocycles. The van der Waals surface area contributed by atoms with Crippen molar-refractivity contribution in [2.45, 2.75) is 6.92 Å². The molecule has 2 heterocycles. The third kappa shape index (κ3) is 4.40. The highest BCUT2D eigenvalue weighted by Gasteiger charge is 2.21. The van der Waals surface area contributed by atoms with Gasteiger partial charge >= 0.3 is 5.97 Å². The van der Waals surface area contributed by atoms with Crippen molar-refractivity contribution in [2.75, 3.05) is 45.9 Å². The van der Waals surface area contributed by atoms with Crippen LogP contribution < -0.4 is 0 Å². The smallest absolute Gasteiger partial charge is 0.320 e. The van der Waals surface area contributed by atoms with E-state index in [2.05, 4.69) is 9.80 Å². The number of ether oxygens (including phenoxy) is 1. The second-order valence-electron chi connectivity index (χ2n) is 4.76. The Morgan fingerprint density at radius 1 is 1.20 bits per heavy atom. The molecule has 0 atom stereocenters. The van der Waals surface area contributed by atoms with E-state index in [1.807, 2.05) is 24.4 Å². The Bertz CT molecular complexity index is 439. The summed E-state index contributed by atoms with van der Waals surface area (Å²) in [5, 5.41) is 1.92. The zero-order valence-electron chi connectivity index (χ0n) is 11.7. The Morgan fingerprint density at radius 2 is 1.85 bits per heavy atom. The average Bonchev–Trinajstić information content (AvgIpc) is 2.95. The molecular weight excluding hydrogens is 276 g/mol. The SMILES string of the molecule is CCOC(=O)CN1CCN(CC(=O)c2cccs2)CC1. The molecule has 2 rings (SSSR count). The lowest BCUT2D eigenvalue weighted by atomic mass is 10.2. The molecule has 0 spiro atoms. The highest BCUT2D eigenvalue weighted by molar-refractivity contribution is 7.12. The first kappa shape index (κ1) is 15.2. The molecule has 1 aliphatic heterocycles. The fourth-order valence-electron chi connectivity index (χ4n) is 2.21. The molecule has 0 aliphatic carbocycles. The quantitative estimate of drug-likeness (QED) is 0.581. The Kier molecular flexibility index (Phi) is 5.70. The zero-order valence-corrected chi connectivity index (χ0v) is 12.5. The molecule has 1 aliphatic rings. The van der Waals surface area contributed by atoms with E-state index in [4.69, 9.17) is 4.74 Å². The molecule has 1 saturated heterocycles. The van der Waals surface area contributed by atoms with E-state index in [9.17, 15) is 9.59 Å². The van der Waals surface area contributed by atoms with Gasteiger partial charge in [-0.2, -0.15) is 0 Å². The maximum Gasteiger partial charge on any atom is 0.320 e. The highest BCUT2D eigenvalue weighted by atomic mass is 32.1. The summed E-state index contributed by atoms with van der Waals surface area (Å²) in [6.07, 6.45) is 0. The van der Waals surface area contributed by atoms with E-state index in [0.717, 1.165) is 31.1 Å². The van der Waals surface area contributed by atoms with E-state index in [-0.39, 0.29) is 11.8 Å². The number of rotatable bonds is 6. The molecule has 0 bridgehead atoms. The van der Waals surface area contributed by atoms with Crippen LogP contribution in [0.1, 0.15) is 16.6 Å². The van der Waals surface area contributed by atoms with Crippen LogP contribution in [0.2, 0.25) is 0 Å². The molecule has 0 aromatic carbocycles. The van der Waals surface area contributed by atoms with Crippen molar-refractivity contribution in [2.24, 2.45) is 0 Å². The van der Waals surface area contributed by atoms with Gasteiger partial charge in [-0.1, -0.05) is 6.07 Å². The Balaban J connectivity index is 1.71. The van der Waals surface area contributed by atoms with E-state index in [0.29, 0.717) is 19.7 Å². The largest absolute Gasteiger partial charge is 0.465 e. The first-order valence-corrected chi connectivity index (χ1v) is 7.74. The molecule has 1 fully saturated rings. The second-order valence-corrected chi connectivity index (χ2v) is 5.71. The van der Waals surface area contributed by atoms with Gasteiger partial charge in [-0.3, -0.25) is 19.4 Å². The van der Waals surface area contributed by atoms with Gasteiger partial charge in [-0.25, -0.2) is 0 Å². The summed E-state index contributed by atoms with van der Waals surface area (Å²) in [4.78, 5) is 28.4. The topological polar surface area (TPSA) is 49.9 Å². The van der Waals surface area contributed by atoms with Gasteiger partial charge < -0.3 is 4.74 Å². The van der Waals surface area contributed by atoms with Crippen LogP contribution >= 0.6 is 11.3 Å². The van der Waals surface area contributed by atoms with Crippen molar-refractivity contribution < 1.29 is 14.3 Å². The van der Waals surface area contributed by atoms with E-state index < -0.39 is 0 Å². The summed E-state index contributed by atoms with van der Waals surface area (Å²) >= 11 is 1.49. The number of ketones is 1. The summed E-state index contributed by atoms with van der Waals surface area (Å²) in [7, 11) is 0. The van der Waals surface area contributed by atoms with Gasteiger partial charge in [-0.05, 0) is 18.4 Å².